The van der Waals surface area contributed by atoms with Crippen molar-refractivity contribution in [2.75, 3.05) is 25.4 Å². The molecular weight excluding hydrogens is 360 g/mol. The van der Waals surface area contributed by atoms with Gasteiger partial charge in [0.2, 0.25) is 10.0 Å². The fraction of sp³-hybridized carbons (Fsp3) is 0.538. The molecule has 1 fully saturated rings. The third-order valence-electron chi connectivity index (χ3n) is 3.58. The summed E-state index contributed by atoms with van der Waals surface area (Å²) in [6.07, 6.45) is 2.73. The van der Waals surface area contributed by atoms with Crippen LogP contribution in [-0.4, -0.2) is 54.3 Å². The first-order chi connectivity index (χ1) is 11.0. The number of hydrogen-bond donors (Lipinski definition) is 1. The molecule has 0 amide bonds. The van der Waals surface area contributed by atoms with Crippen LogP contribution in [0.15, 0.2) is 18.6 Å². The lowest BCUT2D eigenvalue weighted by Gasteiger charge is -2.36. The number of hydrogen-bond acceptors (Lipinski definition) is 7. The van der Waals surface area contributed by atoms with Gasteiger partial charge in [0, 0.05) is 24.2 Å². The van der Waals surface area contributed by atoms with E-state index in [0.717, 1.165) is 15.1 Å². The Bertz CT molecular complexity index is 749. The maximum atomic E-state index is 12.1. The van der Waals surface area contributed by atoms with E-state index in [-0.39, 0.29) is 5.75 Å². The lowest BCUT2D eigenvalue weighted by atomic mass is 10.3. The SMILES string of the molecule is CCS(=O)(=O)NC(c1cc2ncncc2s1)N1CCOC(Cl)C1. The topological polar surface area (TPSA) is 84.4 Å². The average Bonchev–Trinajstić information content (AvgIpc) is 2.96. The number of alkyl halides is 1. The largest absolute Gasteiger partial charge is 0.360 e. The Labute approximate surface area is 143 Å². The third-order valence-corrected chi connectivity index (χ3v) is 6.29. The Morgan fingerprint density at radius 3 is 3.13 bits per heavy atom. The van der Waals surface area contributed by atoms with Crippen LogP contribution < -0.4 is 4.72 Å². The molecule has 3 heterocycles. The molecule has 1 aliphatic rings. The maximum Gasteiger partial charge on any atom is 0.212 e. The zero-order valence-electron chi connectivity index (χ0n) is 12.5. The van der Waals surface area contributed by atoms with E-state index in [1.165, 1.54) is 17.7 Å². The minimum atomic E-state index is -3.38. The van der Waals surface area contributed by atoms with Crippen LogP contribution in [0, 0.1) is 0 Å². The van der Waals surface area contributed by atoms with Gasteiger partial charge in [-0.25, -0.2) is 18.4 Å². The first kappa shape index (κ1) is 17.0. The number of rotatable bonds is 5. The smallest absolute Gasteiger partial charge is 0.212 e. The van der Waals surface area contributed by atoms with Crippen LogP contribution in [-0.2, 0) is 14.8 Å². The Morgan fingerprint density at radius 1 is 1.61 bits per heavy atom. The number of fused-ring (bicyclic) bond motifs is 1. The van der Waals surface area contributed by atoms with Crippen molar-refractivity contribution < 1.29 is 13.2 Å². The summed E-state index contributed by atoms with van der Waals surface area (Å²) in [5.74, 6) is 0.0167. The van der Waals surface area contributed by atoms with Crippen LogP contribution in [0.2, 0.25) is 0 Å². The summed E-state index contributed by atoms with van der Waals surface area (Å²) >= 11 is 7.54. The summed E-state index contributed by atoms with van der Waals surface area (Å²) < 4.78 is 33.2. The number of thiophene rings is 1. The van der Waals surface area contributed by atoms with Gasteiger partial charge in [0.05, 0.1) is 22.6 Å². The summed E-state index contributed by atoms with van der Waals surface area (Å²) in [5.41, 5.74) is 0.350. The zero-order chi connectivity index (χ0) is 16.4. The fourth-order valence-corrected chi connectivity index (χ4v) is 4.56. The molecule has 0 saturated carbocycles. The minimum Gasteiger partial charge on any atom is -0.360 e. The van der Waals surface area contributed by atoms with Crippen LogP contribution in [0.1, 0.15) is 18.0 Å². The van der Waals surface area contributed by atoms with Crippen LogP contribution in [0.5, 0.6) is 0 Å². The maximum absolute atomic E-state index is 12.1. The van der Waals surface area contributed by atoms with E-state index in [0.29, 0.717) is 19.7 Å². The number of morpholine rings is 1. The molecule has 1 N–H and O–H groups in total. The zero-order valence-corrected chi connectivity index (χ0v) is 14.9. The van der Waals surface area contributed by atoms with Crippen molar-refractivity contribution in [3.63, 3.8) is 0 Å². The molecule has 1 aliphatic heterocycles. The van der Waals surface area contributed by atoms with Gasteiger partial charge in [-0.15, -0.1) is 11.3 Å². The van der Waals surface area contributed by atoms with Crippen molar-refractivity contribution in [2.24, 2.45) is 0 Å². The summed E-state index contributed by atoms with van der Waals surface area (Å²) in [4.78, 5) is 11.1. The molecule has 126 valence electrons. The van der Waals surface area contributed by atoms with Crippen molar-refractivity contribution in [3.05, 3.63) is 23.5 Å². The lowest BCUT2D eigenvalue weighted by molar-refractivity contribution is -0.00684. The number of nitrogens with one attached hydrogen (secondary N) is 1. The van der Waals surface area contributed by atoms with Gasteiger partial charge in [0.15, 0.2) is 0 Å². The van der Waals surface area contributed by atoms with Crippen LogP contribution in [0.4, 0.5) is 0 Å². The Morgan fingerprint density at radius 2 is 2.43 bits per heavy atom. The molecule has 7 nitrogen and oxygen atoms in total. The lowest BCUT2D eigenvalue weighted by Crippen LogP contribution is -2.48. The predicted molar refractivity (Wildman–Crippen MR) is 89.9 cm³/mol. The predicted octanol–water partition coefficient (Wildman–Crippen LogP) is 1.53. The van der Waals surface area contributed by atoms with E-state index >= 15 is 0 Å². The monoisotopic (exact) mass is 376 g/mol. The number of halogens is 1. The van der Waals surface area contributed by atoms with Gasteiger partial charge in [-0.2, -0.15) is 4.72 Å². The first-order valence-corrected chi connectivity index (χ1v) is 10.1. The highest BCUT2D eigenvalue weighted by atomic mass is 35.5. The quantitative estimate of drug-likeness (QED) is 0.796. The molecule has 0 radical (unpaired) electrons. The number of nitrogens with zero attached hydrogens (tertiary/aromatic N) is 3. The Kier molecular flexibility index (Phi) is 5.14. The van der Waals surface area contributed by atoms with Gasteiger partial charge in [0.25, 0.3) is 0 Å². The summed E-state index contributed by atoms with van der Waals surface area (Å²) in [5, 5.41) is 0. The van der Waals surface area contributed by atoms with Gasteiger partial charge in [-0.05, 0) is 13.0 Å². The van der Waals surface area contributed by atoms with E-state index < -0.39 is 21.8 Å². The van der Waals surface area contributed by atoms with Crippen molar-refractivity contribution in [1.29, 1.82) is 0 Å². The Balaban J connectivity index is 1.96. The average molecular weight is 377 g/mol. The van der Waals surface area contributed by atoms with Crippen molar-refractivity contribution in [1.82, 2.24) is 19.6 Å². The standard InChI is InChI=1S/C13H17ClN4O3S2/c1-2-23(19,20)17-13(18-3-4-21-12(14)7-18)10-5-9-11(22-10)6-15-8-16-9/h5-6,8,12-13,17H,2-4,7H2,1H3. The highest BCUT2D eigenvalue weighted by Gasteiger charge is 2.30. The van der Waals surface area contributed by atoms with Crippen LogP contribution >= 0.6 is 22.9 Å². The molecular formula is C13H17ClN4O3S2. The third kappa shape index (κ3) is 3.98. The molecule has 1 saturated heterocycles. The van der Waals surface area contributed by atoms with Gasteiger partial charge >= 0.3 is 0 Å². The molecule has 0 bridgehead atoms. The van der Waals surface area contributed by atoms with Crippen molar-refractivity contribution in [2.45, 2.75) is 18.7 Å². The van der Waals surface area contributed by atoms with Gasteiger partial charge < -0.3 is 4.74 Å². The molecule has 2 aromatic rings. The molecule has 2 aromatic heterocycles. The van der Waals surface area contributed by atoms with E-state index in [4.69, 9.17) is 16.3 Å². The van der Waals surface area contributed by atoms with Crippen LogP contribution in [0.3, 0.4) is 0 Å². The van der Waals surface area contributed by atoms with Crippen molar-refractivity contribution >= 4 is 43.2 Å². The van der Waals surface area contributed by atoms with E-state index in [1.807, 2.05) is 11.0 Å². The summed E-state index contributed by atoms with van der Waals surface area (Å²) in [6.45, 7) is 3.11. The number of aromatic nitrogens is 2. The second-order valence-corrected chi connectivity index (χ2v) is 8.77. The molecule has 0 aliphatic carbocycles. The van der Waals surface area contributed by atoms with E-state index in [1.54, 1.807) is 13.1 Å². The Hall–Kier alpha value is -0.840. The summed E-state index contributed by atoms with van der Waals surface area (Å²) in [6, 6.07) is 1.89. The first-order valence-electron chi connectivity index (χ1n) is 7.17. The number of sulfonamides is 1. The normalized spacial score (nSPS) is 21.6. The molecule has 3 rings (SSSR count). The highest BCUT2D eigenvalue weighted by Crippen LogP contribution is 2.31. The van der Waals surface area contributed by atoms with Crippen molar-refractivity contribution in [3.8, 4) is 0 Å². The van der Waals surface area contributed by atoms with Gasteiger partial charge in [-0.3, -0.25) is 4.90 Å². The van der Waals surface area contributed by atoms with Gasteiger partial charge in [-0.1, -0.05) is 11.6 Å². The second-order valence-electron chi connectivity index (χ2n) is 5.12. The van der Waals surface area contributed by atoms with E-state index in [9.17, 15) is 8.42 Å². The molecule has 23 heavy (non-hydrogen) atoms. The van der Waals surface area contributed by atoms with E-state index in [2.05, 4.69) is 14.7 Å². The number of ether oxygens (including phenoxy) is 1. The molecule has 2 unspecified atom stereocenters. The van der Waals surface area contributed by atoms with Gasteiger partial charge in [0.1, 0.15) is 18.1 Å². The van der Waals surface area contributed by atoms with Crippen LogP contribution in [0.25, 0.3) is 10.2 Å². The fourth-order valence-electron chi connectivity index (χ4n) is 2.37. The summed E-state index contributed by atoms with van der Waals surface area (Å²) in [7, 11) is -3.38. The second kappa shape index (κ2) is 6.96. The molecule has 10 heteroatoms. The highest BCUT2D eigenvalue weighted by molar-refractivity contribution is 7.89. The molecule has 0 aromatic carbocycles. The molecule has 0 spiro atoms. The minimum absolute atomic E-state index is 0.0167. The molecule has 2 atom stereocenters.